The van der Waals surface area contributed by atoms with Gasteiger partial charge in [0.25, 0.3) is 0 Å². The lowest BCUT2D eigenvalue weighted by Gasteiger charge is -2.45. The van der Waals surface area contributed by atoms with Crippen molar-refractivity contribution in [2.75, 3.05) is 32.8 Å². The minimum absolute atomic E-state index is 0.153. The van der Waals surface area contributed by atoms with Gasteiger partial charge < -0.3 is 10.1 Å². The highest BCUT2D eigenvalue weighted by molar-refractivity contribution is 5.00. The summed E-state index contributed by atoms with van der Waals surface area (Å²) in [7, 11) is 0. The highest BCUT2D eigenvalue weighted by atomic mass is 19.4. The summed E-state index contributed by atoms with van der Waals surface area (Å²) in [6.07, 6.45) is 0.639. The fraction of sp³-hybridized carbons (Fsp3) is 1.00. The van der Waals surface area contributed by atoms with E-state index in [9.17, 15) is 13.2 Å². The number of alkyl halides is 3. The molecule has 0 aromatic rings. The second kappa shape index (κ2) is 5.97. The van der Waals surface area contributed by atoms with Crippen LogP contribution in [0.4, 0.5) is 13.2 Å². The molecule has 1 atom stereocenters. The van der Waals surface area contributed by atoms with Gasteiger partial charge in [0.1, 0.15) is 6.61 Å². The van der Waals surface area contributed by atoms with Crippen molar-refractivity contribution in [2.45, 2.75) is 50.4 Å². The molecule has 0 bridgehead atoms. The number of hydrogen-bond donors (Lipinski definition) is 1. The molecule has 0 amide bonds. The van der Waals surface area contributed by atoms with Crippen molar-refractivity contribution in [1.29, 1.82) is 0 Å². The summed E-state index contributed by atoms with van der Waals surface area (Å²) in [6, 6.07) is 0.362. The van der Waals surface area contributed by atoms with E-state index >= 15 is 0 Å². The average molecular weight is 280 g/mol. The maximum absolute atomic E-state index is 12.0. The van der Waals surface area contributed by atoms with Crippen LogP contribution in [0.1, 0.15) is 32.6 Å². The molecule has 0 aromatic heterocycles. The molecule has 0 aromatic carbocycles. The van der Waals surface area contributed by atoms with Gasteiger partial charge in [-0.1, -0.05) is 12.8 Å². The second-order valence-electron chi connectivity index (χ2n) is 5.86. The molecule has 2 aliphatic rings. The fourth-order valence-electron chi connectivity index (χ4n) is 3.15. The maximum Gasteiger partial charge on any atom is 0.411 e. The van der Waals surface area contributed by atoms with Crippen molar-refractivity contribution < 1.29 is 17.9 Å². The molecular formula is C13H23F3N2O. The molecule has 3 nitrogen and oxygen atoms in total. The van der Waals surface area contributed by atoms with Crippen LogP contribution in [0.2, 0.25) is 0 Å². The van der Waals surface area contributed by atoms with Crippen LogP contribution in [0, 0.1) is 0 Å². The Balaban J connectivity index is 1.75. The lowest BCUT2D eigenvalue weighted by atomic mass is 9.92. The number of nitrogens with zero attached hydrogens (tertiary/aromatic N) is 1. The largest absolute Gasteiger partial charge is 0.411 e. The zero-order valence-electron chi connectivity index (χ0n) is 11.4. The molecule has 1 saturated heterocycles. The lowest BCUT2D eigenvalue weighted by Crippen LogP contribution is -2.62. The predicted octanol–water partition coefficient (Wildman–Crippen LogP) is 2.17. The Kier molecular flexibility index (Phi) is 4.74. The molecule has 1 heterocycles. The third kappa shape index (κ3) is 4.33. The van der Waals surface area contributed by atoms with E-state index < -0.39 is 12.8 Å². The van der Waals surface area contributed by atoms with E-state index in [2.05, 4.69) is 17.1 Å². The lowest BCUT2D eigenvalue weighted by molar-refractivity contribution is -0.175. The topological polar surface area (TPSA) is 24.5 Å². The van der Waals surface area contributed by atoms with Crippen molar-refractivity contribution in [3.63, 3.8) is 0 Å². The van der Waals surface area contributed by atoms with Crippen LogP contribution >= 0.6 is 0 Å². The fourth-order valence-corrected chi connectivity index (χ4v) is 3.15. The van der Waals surface area contributed by atoms with Crippen LogP contribution in [0.25, 0.3) is 0 Å². The predicted molar refractivity (Wildman–Crippen MR) is 67.1 cm³/mol. The van der Waals surface area contributed by atoms with Crippen molar-refractivity contribution in [1.82, 2.24) is 10.2 Å². The van der Waals surface area contributed by atoms with E-state index in [1.165, 1.54) is 25.7 Å². The summed E-state index contributed by atoms with van der Waals surface area (Å²) in [5.41, 5.74) is 0.205. The quantitative estimate of drug-likeness (QED) is 0.799. The normalized spacial score (nSPS) is 28.1. The van der Waals surface area contributed by atoms with Gasteiger partial charge >= 0.3 is 6.18 Å². The third-order valence-electron chi connectivity index (χ3n) is 4.25. The highest BCUT2D eigenvalue weighted by Gasteiger charge is 2.39. The van der Waals surface area contributed by atoms with E-state index in [1.54, 1.807) is 0 Å². The molecule has 1 N–H and O–H groups in total. The zero-order chi connectivity index (χ0) is 13.9. The number of rotatable bonds is 4. The van der Waals surface area contributed by atoms with Crippen LogP contribution in [0.5, 0.6) is 0 Å². The molecule has 112 valence electrons. The number of hydrogen-bond acceptors (Lipinski definition) is 3. The molecule has 19 heavy (non-hydrogen) atoms. The molecule has 1 saturated carbocycles. The summed E-state index contributed by atoms with van der Waals surface area (Å²) in [5.74, 6) is 0. The summed E-state index contributed by atoms with van der Waals surface area (Å²) in [6.45, 7) is 3.56. The van der Waals surface area contributed by atoms with Crippen molar-refractivity contribution in [3.05, 3.63) is 0 Å². The summed E-state index contributed by atoms with van der Waals surface area (Å²) in [4.78, 5) is 2.26. The minimum atomic E-state index is -4.22. The van der Waals surface area contributed by atoms with E-state index in [1.807, 2.05) is 0 Å². The number of halogens is 3. The van der Waals surface area contributed by atoms with Gasteiger partial charge in [-0.25, -0.2) is 0 Å². The van der Waals surface area contributed by atoms with Gasteiger partial charge in [-0.3, -0.25) is 4.90 Å². The summed E-state index contributed by atoms with van der Waals surface area (Å²) >= 11 is 0. The molecule has 1 spiro atoms. The van der Waals surface area contributed by atoms with Gasteiger partial charge in [0.05, 0.1) is 6.61 Å². The highest BCUT2D eigenvalue weighted by Crippen LogP contribution is 2.32. The number of piperazine rings is 1. The van der Waals surface area contributed by atoms with Crippen LogP contribution < -0.4 is 5.32 Å². The van der Waals surface area contributed by atoms with Gasteiger partial charge in [-0.15, -0.1) is 0 Å². The second-order valence-corrected chi connectivity index (χ2v) is 5.86. The average Bonchev–Trinajstić information content (AvgIpc) is 2.77. The maximum atomic E-state index is 12.0. The number of nitrogens with one attached hydrogen (secondary N) is 1. The Morgan fingerprint density at radius 2 is 2.00 bits per heavy atom. The minimum Gasteiger partial charge on any atom is -0.371 e. The van der Waals surface area contributed by atoms with E-state index in [0.29, 0.717) is 12.6 Å². The van der Waals surface area contributed by atoms with Gasteiger partial charge in [-0.2, -0.15) is 13.2 Å². The Morgan fingerprint density at radius 1 is 1.32 bits per heavy atom. The van der Waals surface area contributed by atoms with Crippen molar-refractivity contribution in [3.8, 4) is 0 Å². The van der Waals surface area contributed by atoms with Crippen molar-refractivity contribution in [2.24, 2.45) is 0 Å². The Bertz CT molecular complexity index is 290. The molecule has 1 aliphatic heterocycles. The first kappa shape index (κ1) is 15.1. The van der Waals surface area contributed by atoms with Gasteiger partial charge in [-0.05, 0) is 19.8 Å². The summed E-state index contributed by atoms with van der Waals surface area (Å²) in [5, 5.41) is 3.63. The van der Waals surface area contributed by atoms with Gasteiger partial charge in [0.15, 0.2) is 0 Å². The monoisotopic (exact) mass is 280 g/mol. The molecular weight excluding hydrogens is 257 g/mol. The van der Waals surface area contributed by atoms with Gasteiger partial charge in [0.2, 0.25) is 0 Å². The van der Waals surface area contributed by atoms with Crippen molar-refractivity contribution >= 4 is 0 Å². The number of ether oxygens (including phenoxy) is 1. The first-order chi connectivity index (χ1) is 8.90. The Morgan fingerprint density at radius 3 is 2.63 bits per heavy atom. The first-order valence-electron chi connectivity index (χ1n) is 7.04. The standard InChI is InChI=1S/C13H23F3N2O/c1-11-8-17-12(4-2-3-5-12)9-18(11)6-7-19-10-13(14,15)16/h11,17H,2-10H2,1H3. The third-order valence-corrected chi connectivity index (χ3v) is 4.25. The van der Waals surface area contributed by atoms with Crippen LogP contribution in [0.15, 0.2) is 0 Å². The summed E-state index contributed by atoms with van der Waals surface area (Å²) < 4.78 is 40.7. The Hall–Kier alpha value is -0.330. The van der Waals surface area contributed by atoms with Gasteiger partial charge in [0, 0.05) is 31.2 Å². The molecule has 2 fully saturated rings. The van der Waals surface area contributed by atoms with E-state index in [-0.39, 0.29) is 12.1 Å². The zero-order valence-corrected chi connectivity index (χ0v) is 11.4. The van der Waals surface area contributed by atoms with Crippen LogP contribution in [-0.2, 0) is 4.74 Å². The molecule has 1 aliphatic carbocycles. The smallest absolute Gasteiger partial charge is 0.371 e. The molecule has 2 rings (SSSR count). The molecule has 6 heteroatoms. The molecule has 1 unspecified atom stereocenters. The first-order valence-corrected chi connectivity index (χ1v) is 7.04. The van der Waals surface area contributed by atoms with E-state index in [0.717, 1.165) is 13.1 Å². The van der Waals surface area contributed by atoms with Crippen LogP contribution in [0.3, 0.4) is 0 Å². The van der Waals surface area contributed by atoms with Crippen LogP contribution in [-0.4, -0.2) is 55.5 Å². The van der Waals surface area contributed by atoms with E-state index in [4.69, 9.17) is 4.74 Å². The Labute approximate surface area is 112 Å². The molecule has 0 radical (unpaired) electrons. The SMILES string of the molecule is CC1CNC2(CCCC2)CN1CCOCC(F)(F)F.